The normalized spacial score (nSPS) is 13.1. The molecule has 1 aliphatic rings. The molecule has 1 aliphatic carbocycles. The Balaban J connectivity index is 1.41. The number of aromatic nitrogens is 1. The summed E-state index contributed by atoms with van der Waals surface area (Å²) in [5.41, 5.74) is 12.2. The van der Waals surface area contributed by atoms with Gasteiger partial charge in [-0.1, -0.05) is 152 Å². The maximum absolute atomic E-state index is 4.67. The molecule has 0 spiro atoms. The summed E-state index contributed by atoms with van der Waals surface area (Å²) < 4.78 is 0. The quantitative estimate of drug-likeness (QED) is 0.192. The van der Waals surface area contributed by atoms with Crippen LogP contribution in [0.5, 0.6) is 0 Å². The number of hydrogen-bond donors (Lipinski definition) is 0. The highest BCUT2D eigenvalue weighted by atomic mass is 14.6. The number of fused-ring (bicyclic) bond motifs is 5. The molecule has 0 saturated carbocycles. The molecule has 0 saturated heterocycles. The van der Waals surface area contributed by atoms with E-state index in [4.69, 9.17) is 0 Å². The van der Waals surface area contributed by atoms with E-state index in [0.717, 1.165) is 5.39 Å². The largest absolute Gasteiger partial charge is 0.264 e. The second-order valence-electron chi connectivity index (χ2n) is 11.9. The molecule has 1 heteroatoms. The molecule has 0 bridgehead atoms. The van der Waals surface area contributed by atoms with Crippen LogP contribution in [0.4, 0.5) is 0 Å². The van der Waals surface area contributed by atoms with Gasteiger partial charge in [-0.25, -0.2) is 0 Å². The first-order valence-corrected chi connectivity index (χ1v) is 15.6. The molecule has 0 atom stereocenters. The molecule has 0 unspecified atom stereocenters. The molecule has 1 nitrogen and oxygen atoms in total. The SMILES string of the molecule is c1ccc(-c2c3ccccc3c(-c3ccc4c(c3)C(c3ccccc3)(c3ccccc3)c3ccccc3-4)c3cnccc23)cc1. The molecule has 9 rings (SSSR count). The van der Waals surface area contributed by atoms with Crippen molar-refractivity contribution < 1.29 is 0 Å². The third-order valence-corrected chi connectivity index (χ3v) is 9.64. The van der Waals surface area contributed by atoms with Crippen molar-refractivity contribution in [3.63, 3.8) is 0 Å². The van der Waals surface area contributed by atoms with Crippen LogP contribution in [0.25, 0.3) is 54.9 Å². The predicted molar refractivity (Wildman–Crippen MR) is 187 cm³/mol. The molecule has 210 valence electrons. The topological polar surface area (TPSA) is 12.9 Å². The fourth-order valence-electron chi connectivity index (χ4n) is 7.85. The number of benzene rings is 7. The third-order valence-electron chi connectivity index (χ3n) is 9.64. The van der Waals surface area contributed by atoms with Crippen LogP contribution in [0.3, 0.4) is 0 Å². The lowest BCUT2D eigenvalue weighted by Gasteiger charge is -2.34. The van der Waals surface area contributed by atoms with Gasteiger partial charge in [0.05, 0.1) is 5.41 Å². The van der Waals surface area contributed by atoms with E-state index in [9.17, 15) is 0 Å². The molecule has 1 heterocycles. The average molecular weight is 572 g/mol. The zero-order chi connectivity index (χ0) is 29.8. The van der Waals surface area contributed by atoms with Crippen molar-refractivity contribution in [1.29, 1.82) is 0 Å². The summed E-state index contributed by atoms with van der Waals surface area (Å²) in [6.45, 7) is 0. The summed E-state index contributed by atoms with van der Waals surface area (Å²) in [6, 6.07) is 59.9. The van der Waals surface area contributed by atoms with Crippen molar-refractivity contribution in [2.24, 2.45) is 0 Å². The van der Waals surface area contributed by atoms with E-state index in [1.807, 2.05) is 12.4 Å². The first kappa shape index (κ1) is 25.7. The van der Waals surface area contributed by atoms with Crippen LogP contribution >= 0.6 is 0 Å². The highest BCUT2D eigenvalue weighted by Crippen LogP contribution is 2.57. The lowest BCUT2D eigenvalue weighted by Crippen LogP contribution is -2.28. The van der Waals surface area contributed by atoms with E-state index in [1.165, 1.54) is 71.8 Å². The van der Waals surface area contributed by atoms with E-state index < -0.39 is 5.41 Å². The van der Waals surface area contributed by atoms with Crippen molar-refractivity contribution in [3.05, 3.63) is 198 Å². The minimum absolute atomic E-state index is 0.446. The van der Waals surface area contributed by atoms with E-state index in [0.29, 0.717) is 0 Å². The first-order chi connectivity index (χ1) is 22.4. The molecular formula is C44H29N. The number of hydrogen-bond acceptors (Lipinski definition) is 1. The van der Waals surface area contributed by atoms with Crippen LogP contribution in [0.1, 0.15) is 22.3 Å². The molecule has 0 aliphatic heterocycles. The maximum Gasteiger partial charge on any atom is 0.0713 e. The molecule has 0 fully saturated rings. The van der Waals surface area contributed by atoms with Gasteiger partial charge in [-0.3, -0.25) is 4.98 Å². The lowest BCUT2D eigenvalue weighted by molar-refractivity contribution is 0.769. The Morgan fingerprint density at radius 3 is 1.60 bits per heavy atom. The Labute approximate surface area is 263 Å². The van der Waals surface area contributed by atoms with Crippen molar-refractivity contribution in [2.75, 3.05) is 0 Å². The van der Waals surface area contributed by atoms with Crippen LogP contribution in [-0.2, 0) is 5.41 Å². The second kappa shape index (κ2) is 10.1. The van der Waals surface area contributed by atoms with Gasteiger partial charge in [-0.05, 0) is 83.9 Å². The van der Waals surface area contributed by atoms with E-state index in [-0.39, 0.29) is 0 Å². The molecule has 45 heavy (non-hydrogen) atoms. The van der Waals surface area contributed by atoms with E-state index >= 15 is 0 Å². The van der Waals surface area contributed by atoms with Gasteiger partial charge < -0.3 is 0 Å². The van der Waals surface area contributed by atoms with E-state index in [2.05, 4.69) is 169 Å². The lowest BCUT2D eigenvalue weighted by atomic mass is 9.67. The third kappa shape index (κ3) is 3.71. The molecule has 7 aromatic carbocycles. The van der Waals surface area contributed by atoms with Crippen LogP contribution < -0.4 is 0 Å². The van der Waals surface area contributed by atoms with Crippen LogP contribution in [0, 0.1) is 0 Å². The van der Waals surface area contributed by atoms with Gasteiger partial charge in [-0.15, -0.1) is 0 Å². The van der Waals surface area contributed by atoms with Crippen molar-refractivity contribution in [1.82, 2.24) is 4.98 Å². The Morgan fingerprint density at radius 2 is 0.911 bits per heavy atom. The van der Waals surface area contributed by atoms with Gasteiger partial charge in [0.25, 0.3) is 0 Å². The zero-order valence-electron chi connectivity index (χ0n) is 24.7. The number of rotatable bonds is 4. The Morgan fingerprint density at radius 1 is 0.378 bits per heavy atom. The van der Waals surface area contributed by atoms with Gasteiger partial charge in [0.15, 0.2) is 0 Å². The molecular weight excluding hydrogens is 542 g/mol. The smallest absolute Gasteiger partial charge is 0.0713 e. The summed E-state index contributed by atoms with van der Waals surface area (Å²) in [5.74, 6) is 0. The minimum Gasteiger partial charge on any atom is -0.264 e. The van der Waals surface area contributed by atoms with Crippen molar-refractivity contribution in [2.45, 2.75) is 5.41 Å². The summed E-state index contributed by atoms with van der Waals surface area (Å²) in [5, 5.41) is 4.86. The summed E-state index contributed by atoms with van der Waals surface area (Å²) in [7, 11) is 0. The molecule has 1 aromatic heterocycles. The van der Waals surface area contributed by atoms with E-state index in [1.54, 1.807) is 0 Å². The second-order valence-corrected chi connectivity index (χ2v) is 11.9. The Hall–Kier alpha value is -5.79. The molecule has 8 aromatic rings. The van der Waals surface area contributed by atoms with Crippen molar-refractivity contribution >= 4 is 21.5 Å². The average Bonchev–Trinajstić information content (AvgIpc) is 3.42. The summed E-state index contributed by atoms with van der Waals surface area (Å²) in [6.07, 6.45) is 3.97. The summed E-state index contributed by atoms with van der Waals surface area (Å²) >= 11 is 0. The fourth-order valence-corrected chi connectivity index (χ4v) is 7.85. The summed E-state index contributed by atoms with van der Waals surface area (Å²) in [4.78, 5) is 4.67. The molecule has 0 radical (unpaired) electrons. The zero-order valence-corrected chi connectivity index (χ0v) is 24.7. The molecule has 0 N–H and O–H groups in total. The predicted octanol–water partition coefficient (Wildman–Crippen LogP) is 11.1. The van der Waals surface area contributed by atoms with Crippen LogP contribution in [0.15, 0.2) is 176 Å². The monoisotopic (exact) mass is 571 g/mol. The van der Waals surface area contributed by atoms with Gasteiger partial charge >= 0.3 is 0 Å². The van der Waals surface area contributed by atoms with Crippen LogP contribution in [-0.4, -0.2) is 4.98 Å². The Bertz CT molecular complexity index is 2260. The number of pyridine rings is 1. The first-order valence-electron chi connectivity index (χ1n) is 15.6. The van der Waals surface area contributed by atoms with Crippen molar-refractivity contribution in [3.8, 4) is 33.4 Å². The maximum atomic E-state index is 4.67. The minimum atomic E-state index is -0.446. The van der Waals surface area contributed by atoms with Gasteiger partial charge in [0.2, 0.25) is 0 Å². The molecule has 0 amide bonds. The fraction of sp³-hybridized carbons (Fsp3) is 0.0227. The standard InChI is InChI=1S/C44H29N/c1-4-14-30(15-5-1)42-36-21-10-11-22-37(36)43(39-29-45-27-26-38(39)42)31-24-25-35-34-20-12-13-23-40(34)44(41(35)28-31,32-16-6-2-7-17-32)33-18-8-3-9-19-33/h1-29H. The van der Waals surface area contributed by atoms with Gasteiger partial charge in [0, 0.05) is 17.8 Å². The van der Waals surface area contributed by atoms with Crippen LogP contribution in [0.2, 0.25) is 0 Å². The van der Waals surface area contributed by atoms with Gasteiger partial charge in [0.1, 0.15) is 0 Å². The highest BCUT2D eigenvalue weighted by molar-refractivity contribution is 6.21. The van der Waals surface area contributed by atoms with Gasteiger partial charge in [-0.2, -0.15) is 0 Å². The Kier molecular flexibility index (Phi) is 5.79. The highest BCUT2D eigenvalue weighted by Gasteiger charge is 2.46. The number of nitrogens with zero attached hydrogens (tertiary/aromatic N) is 1.